The maximum Gasteiger partial charge on any atom is 0.149 e. The molecule has 0 amide bonds. The van der Waals surface area contributed by atoms with E-state index in [1.54, 1.807) is 28.4 Å². The van der Waals surface area contributed by atoms with Crippen LogP contribution in [0.2, 0.25) is 0 Å². The molecule has 0 aromatic heterocycles. The van der Waals surface area contributed by atoms with E-state index in [2.05, 4.69) is 9.47 Å². The zero-order valence-corrected chi connectivity index (χ0v) is 12.9. The molecule has 8 nitrogen and oxygen atoms in total. The maximum atomic E-state index is 4.95. The van der Waals surface area contributed by atoms with Gasteiger partial charge in [0.05, 0.1) is 26.4 Å². The van der Waals surface area contributed by atoms with Crippen molar-refractivity contribution in [3.8, 4) is 0 Å². The SMILES string of the molecule is C.C.C.C.COCCOCOCOC.COCCOCOCOC. The first-order chi connectivity index (χ1) is 9.83. The molecule has 0 N–H and O–H groups in total. The van der Waals surface area contributed by atoms with Crippen molar-refractivity contribution in [1.29, 1.82) is 0 Å². The van der Waals surface area contributed by atoms with Gasteiger partial charge >= 0.3 is 0 Å². The Morgan fingerprint density at radius 2 is 0.708 bits per heavy atom. The summed E-state index contributed by atoms with van der Waals surface area (Å²) in [6.45, 7) is 3.36. The standard InChI is InChI=1S/2C6H14O4.4CH4/c2*1-7-3-4-9-6-10-5-8-2;;;;/h2*3-6H2,1-2H3;4*1H4. The fraction of sp³-hybridized carbons (Fsp3) is 1.00. The van der Waals surface area contributed by atoms with E-state index in [1.165, 1.54) is 0 Å². The fourth-order valence-electron chi connectivity index (χ4n) is 0.755. The van der Waals surface area contributed by atoms with Crippen molar-refractivity contribution in [2.24, 2.45) is 0 Å². The predicted molar refractivity (Wildman–Crippen MR) is 98.2 cm³/mol. The van der Waals surface area contributed by atoms with Crippen LogP contribution in [0.3, 0.4) is 0 Å². The zero-order chi connectivity index (χ0) is 15.3. The van der Waals surface area contributed by atoms with Crippen molar-refractivity contribution in [3.63, 3.8) is 0 Å². The molecular formula is C16H44O8. The van der Waals surface area contributed by atoms with Crippen LogP contribution in [0.4, 0.5) is 0 Å². The van der Waals surface area contributed by atoms with Crippen LogP contribution in [0, 0.1) is 0 Å². The molecule has 0 aliphatic rings. The molecule has 0 aromatic rings. The van der Waals surface area contributed by atoms with E-state index in [-0.39, 0.29) is 56.9 Å². The Labute approximate surface area is 150 Å². The highest BCUT2D eigenvalue weighted by molar-refractivity contribution is 4.21. The number of hydrogen-bond acceptors (Lipinski definition) is 8. The first-order valence-electron chi connectivity index (χ1n) is 6.10. The molecule has 0 rings (SSSR count). The quantitative estimate of drug-likeness (QED) is 0.344. The second kappa shape index (κ2) is 43.4. The second-order valence-electron chi connectivity index (χ2n) is 3.26. The third-order valence-electron chi connectivity index (χ3n) is 1.60. The third-order valence-corrected chi connectivity index (χ3v) is 1.60. The minimum absolute atomic E-state index is 0. The highest BCUT2D eigenvalue weighted by atomic mass is 16.7. The van der Waals surface area contributed by atoms with Gasteiger partial charge in [-0.2, -0.15) is 0 Å². The molecule has 8 heteroatoms. The predicted octanol–water partition coefficient (Wildman–Crippen LogP) is 3.00. The lowest BCUT2D eigenvalue weighted by Crippen LogP contribution is -2.06. The van der Waals surface area contributed by atoms with Crippen molar-refractivity contribution < 1.29 is 37.9 Å². The van der Waals surface area contributed by atoms with Crippen molar-refractivity contribution in [2.45, 2.75) is 29.7 Å². The van der Waals surface area contributed by atoms with E-state index in [0.29, 0.717) is 26.4 Å². The zero-order valence-electron chi connectivity index (χ0n) is 12.9. The summed E-state index contributed by atoms with van der Waals surface area (Å²) in [4.78, 5) is 0. The first-order valence-corrected chi connectivity index (χ1v) is 6.10. The number of rotatable bonds is 14. The van der Waals surface area contributed by atoms with Gasteiger partial charge in [-0.05, 0) is 0 Å². The summed E-state index contributed by atoms with van der Waals surface area (Å²) in [5, 5.41) is 0. The molecular weight excluding hydrogens is 320 g/mol. The molecule has 0 aliphatic heterocycles. The van der Waals surface area contributed by atoms with E-state index in [4.69, 9.17) is 28.4 Å². The second-order valence-corrected chi connectivity index (χ2v) is 3.26. The van der Waals surface area contributed by atoms with Crippen LogP contribution in [0.5, 0.6) is 0 Å². The van der Waals surface area contributed by atoms with Crippen LogP contribution in [-0.2, 0) is 37.9 Å². The summed E-state index contributed by atoms with van der Waals surface area (Å²) >= 11 is 0. The lowest BCUT2D eigenvalue weighted by atomic mass is 10.8. The van der Waals surface area contributed by atoms with Crippen LogP contribution in [0.1, 0.15) is 29.7 Å². The fourth-order valence-corrected chi connectivity index (χ4v) is 0.755. The molecule has 24 heavy (non-hydrogen) atoms. The molecule has 0 heterocycles. The molecule has 0 radical (unpaired) electrons. The largest absolute Gasteiger partial charge is 0.382 e. The molecule has 0 atom stereocenters. The van der Waals surface area contributed by atoms with Crippen LogP contribution in [0.15, 0.2) is 0 Å². The lowest BCUT2D eigenvalue weighted by molar-refractivity contribution is -0.125. The van der Waals surface area contributed by atoms with Gasteiger partial charge in [0.1, 0.15) is 27.2 Å². The molecule has 0 unspecified atom stereocenters. The van der Waals surface area contributed by atoms with E-state index in [0.717, 1.165) is 0 Å². The molecule has 156 valence electrons. The maximum absolute atomic E-state index is 4.95. The first kappa shape index (κ1) is 39.0. The van der Waals surface area contributed by atoms with Crippen molar-refractivity contribution >= 4 is 0 Å². The summed E-state index contributed by atoms with van der Waals surface area (Å²) in [5.74, 6) is 0. The number of methoxy groups -OCH3 is 4. The molecule has 0 aliphatic carbocycles. The Balaban J connectivity index is -0.0000000579. The van der Waals surface area contributed by atoms with E-state index in [9.17, 15) is 0 Å². The van der Waals surface area contributed by atoms with Gasteiger partial charge in [0.15, 0.2) is 0 Å². The van der Waals surface area contributed by atoms with Gasteiger partial charge in [-0.25, -0.2) is 0 Å². The van der Waals surface area contributed by atoms with Gasteiger partial charge in [-0.15, -0.1) is 0 Å². The topological polar surface area (TPSA) is 73.8 Å². The Hall–Kier alpha value is -0.320. The van der Waals surface area contributed by atoms with Crippen LogP contribution in [-0.4, -0.2) is 82.0 Å². The monoisotopic (exact) mass is 364 g/mol. The van der Waals surface area contributed by atoms with Gasteiger partial charge in [0.25, 0.3) is 0 Å². The summed E-state index contributed by atoms with van der Waals surface area (Å²) in [5.41, 5.74) is 0. The Morgan fingerprint density at radius 1 is 0.375 bits per heavy atom. The average Bonchev–Trinajstić information content (AvgIpc) is 2.47. The summed E-state index contributed by atoms with van der Waals surface area (Å²) in [6.07, 6.45) is 0. The molecule has 0 saturated heterocycles. The van der Waals surface area contributed by atoms with Gasteiger partial charge in [0.2, 0.25) is 0 Å². The molecule has 0 bridgehead atoms. The van der Waals surface area contributed by atoms with Crippen LogP contribution >= 0.6 is 0 Å². The normalized spacial score (nSPS) is 8.50. The van der Waals surface area contributed by atoms with Gasteiger partial charge in [-0.3, -0.25) is 0 Å². The lowest BCUT2D eigenvalue weighted by Gasteiger charge is -2.02. The van der Waals surface area contributed by atoms with E-state index in [1.807, 2.05) is 0 Å². The molecule has 0 spiro atoms. The Bertz CT molecular complexity index is 118. The smallest absolute Gasteiger partial charge is 0.149 e. The Morgan fingerprint density at radius 3 is 0.958 bits per heavy atom. The minimum atomic E-state index is 0. The molecule has 0 aromatic carbocycles. The minimum Gasteiger partial charge on any atom is -0.382 e. The third kappa shape index (κ3) is 49.5. The van der Waals surface area contributed by atoms with Crippen molar-refractivity contribution in [2.75, 3.05) is 82.0 Å². The summed E-state index contributed by atoms with van der Waals surface area (Å²) in [7, 11) is 6.38. The van der Waals surface area contributed by atoms with E-state index >= 15 is 0 Å². The highest BCUT2D eigenvalue weighted by Crippen LogP contribution is 1.79. The highest BCUT2D eigenvalue weighted by Gasteiger charge is 1.86. The van der Waals surface area contributed by atoms with Crippen LogP contribution in [0.25, 0.3) is 0 Å². The van der Waals surface area contributed by atoms with E-state index < -0.39 is 0 Å². The van der Waals surface area contributed by atoms with Crippen molar-refractivity contribution in [3.05, 3.63) is 0 Å². The van der Waals surface area contributed by atoms with Gasteiger partial charge < -0.3 is 37.9 Å². The van der Waals surface area contributed by atoms with Crippen LogP contribution < -0.4 is 0 Å². The van der Waals surface area contributed by atoms with Gasteiger partial charge in [0, 0.05) is 28.4 Å². The number of ether oxygens (including phenoxy) is 8. The average molecular weight is 365 g/mol. The van der Waals surface area contributed by atoms with Crippen molar-refractivity contribution in [1.82, 2.24) is 0 Å². The van der Waals surface area contributed by atoms with Gasteiger partial charge in [-0.1, -0.05) is 29.7 Å². The summed E-state index contributed by atoms with van der Waals surface area (Å²) < 4.78 is 38.3. The summed E-state index contributed by atoms with van der Waals surface area (Å²) in [6, 6.07) is 0. The number of hydrogen-bond donors (Lipinski definition) is 0. The molecule has 0 fully saturated rings. The molecule has 0 saturated carbocycles. The Kier molecular flexibility index (Phi) is 70.4.